The predicted octanol–water partition coefficient (Wildman–Crippen LogP) is 1.76. The van der Waals surface area contributed by atoms with Gasteiger partial charge in [-0.1, -0.05) is 18.2 Å². The molecule has 0 aliphatic rings. The summed E-state index contributed by atoms with van der Waals surface area (Å²) >= 11 is 0. The molecule has 0 radical (unpaired) electrons. The topological polar surface area (TPSA) is 98.5 Å². The number of nitrogens with zero attached hydrogens (tertiary/aromatic N) is 1. The number of benzene rings is 1. The molecule has 0 bridgehead atoms. The van der Waals surface area contributed by atoms with Gasteiger partial charge in [-0.25, -0.2) is 4.79 Å². The molecule has 1 N–H and O–H groups in total. The fourth-order valence-electron chi connectivity index (χ4n) is 1.89. The number of carbonyl (C=O) groups is 2. The van der Waals surface area contributed by atoms with E-state index in [1.807, 2.05) is 0 Å². The third kappa shape index (κ3) is 5.35. The van der Waals surface area contributed by atoms with Crippen LogP contribution in [0.5, 0.6) is 0 Å². The van der Waals surface area contributed by atoms with Gasteiger partial charge in [0.1, 0.15) is 6.04 Å². The maximum absolute atomic E-state index is 12.0. The predicted molar refractivity (Wildman–Crippen MR) is 80.2 cm³/mol. The van der Waals surface area contributed by atoms with Crippen molar-refractivity contribution >= 4 is 17.6 Å². The lowest BCUT2D eigenvalue weighted by molar-refractivity contribution is -0.384. The Morgan fingerprint density at radius 3 is 2.82 bits per heavy atom. The summed E-state index contributed by atoms with van der Waals surface area (Å²) in [4.78, 5) is 33.7. The van der Waals surface area contributed by atoms with Gasteiger partial charge in [-0.15, -0.1) is 6.58 Å². The van der Waals surface area contributed by atoms with Gasteiger partial charge < -0.3 is 10.1 Å². The van der Waals surface area contributed by atoms with Crippen LogP contribution in [0.15, 0.2) is 36.9 Å². The Balaban J connectivity index is 2.70. The molecule has 22 heavy (non-hydrogen) atoms. The molecule has 0 heterocycles. The van der Waals surface area contributed by atoms with Crippen LogP contribution in [0, 0.1) is 10.1 Å². The van der Waals surface area contributed by atoms with Gasteiger partial charge in [-0.3, -0.25) is 14.9 Å². The Bertz CT molecular complexity index is 571. The number of non-ortho nitro benzene ring substituents is 1. The van der Waals surface area contributed by atoms with Crippen LogP contribution in [0.3, 0.4) is 0 Å². The molecule has 0 aromatic heterocycles. The summed E-state index contributed by atoms with van der Waals surface area (Å²) in [5.74, 6) is -0.936. The van der Waals surface area contributed by atoms with Crippen molar-refractivity contribution < 1.29 is 19.2 Å². The Hall–Kier alpha value is -2.70. The van der Waals surface area contributed by atoms with Gasteiger partial charge in [0.2, 0.25) is 5.91 Å². The van der Waals surface area contributed by atoms with Crippen LogP contribution in [0.1, 0.15) is 18.4 Å². The quantitative estimate of drug-likeness (QED) is 0.341. The van der Waals surface area contributed by atoms with E-state index < -0.39 is 22.8 Å². The van der Waals surface area contributed by atoms with Gasteiger partial charge in [0.05, 0.1) is 18.5 Å². The number of allylic oxidation sites excluding steroid dienone is 1. The average Bonchev–Trinajstić information content (AvgIpc) is 2.50. The number of amides is 1. The number of hydrogen-bond acceptors (Lipinski definition) is 5. The fraction of sp³-hybridized carbons (Fsp3) is 0.333. The summed E-state index contributed by atoms with van der Waals surface area (Å²) < 4.78 is 4.63. The van der Waals surface area contributed by atoms with Crippen LogP contribution < -0.4 is 5.32 Å². The SMILES string of the molecule is C=CCC[C@@H](NC(=O)Cc1cccc([N+](=O)[O-])c1)C(=O)OC. The molecule has 0 spiro atoms. The van der Waals surface area contributed by atoms with Gasteiger partial charge in [0, 0.05) is 12.1 Å². The van der Waals surface area contributed by atoms with Crippen LogP contribution in [-0.2, 0) is 20.7 Å². The zero-order chi connectivity index (χ0) is 16.5. The molecule has 1 rings (SSSR count). The first-order chi connectivity index (χ1) is 10.5. The molecule has 0 unspecified atom stereocenters. The smallest absolute Gasteiger partial charge is 0.328 e. The Morgan fingerprint density at radius 2 is 2.23 bits per heavy atom. The van der Waals surface area contributed by atoms with Gasteiger partial charge in [-0.2, -0.15) is 0 Å². The first kappa shape index (κ1) is 17.4. The van der Waals surface area contributed by atoms with Crippen LogP contribution in [0.4, 0.5) is 5.69 Å². The highest BCUT2D eigenvalue weighted by atomic mass is 16.6. The molecule has 0 saturated heterocycles. The summed E-state index contributed by atoms with van der Waals surface area (Å²) in [6.45, 7) is 3.56. The van der Waals surface area contributed by atoms with E-state index in [0.717, 1.165) is 0 Å². The summed E-state index contributed by atoms with van der Waals surface area (Å²) in [5.41, 5.74) is 0.417. The normalized spacial score (nSPS) is 11.3. The number of nitrogens with one attached hydrogen (secondary N) is 1. The van der Waals surface area contributed by atoms with E-state index in [0.29, 0.717) is 18.4 Å². The Morgan fingerprint density at radius 1 is 1.50 bits per heavy atom. The minimum absolute atomic E-state index is 0.0523. The summed E-state index contributed by atoms with van der Waals surface area (Å²) in [7, 11) is 1.25. The summed E-state index contributed by atoms with van der Waals surface area (Å²) in [5, 5.41) is 13.3. The van der Waals surface area contributed by atoms with Gasteiger partial charge in [0.25, 0.3) is 5.69 Å². The molecular weight excluding hydrogens is 288 g/mol. The molecule has 0 aliphatic heterocycles. The largest absolute Gasteiger partial charge is 0.467 e. The minimum atomic E-state index is -0.755. The van der Waals surface area contributed by atoms with E-state index in [9.17, 15) is 19.7 Å². The molecule has 7 nitrogen and oxygen atoms in total. The number of nitro groups is 1. The summed E-state index contributed by atoms with van der Waals surface area (Å²) in [6.07, 6.45) is 2.53. The van der Waals surface area contributed by atoms with E-state index >= 15 is 0 Å². The number of nitro benzene ring substituents is 1. The highest BCUT2D eigenvalue weighted by Gasteiger charge is 2.21. The van der Waals surface area contributed by atoms with Gasteiger partial charge in [0.15, 0.2) is 0 Å². The standard InChI is InChI=1S/C15H18N2O5/c1-3-4-8-13(15(19)22-2)16-14(18)10-11-6-5-7-12(9-11)17(20)21/h3,5-7,9,13H,1,4,8,10H2,2H3,(H,16,18)/t13-/m1/s1. The zero-order valence-corrected chi connectivity index (χ0v) is 12.3. The summed E-state index contributed by atoms with van der Waals surface area (Å²) in [6, 6.07) is 5.05. The maximum atomic E-state index is 12.0. The van der Waals surface area contributed by atoms with Gasteiger partial charge >= 0.3 is 5.97 Å². The Kier molecular flexibility index (Phi) is 6.75. The van der Waals surface area contributed by atoms with E-state index in [2.05, 4.69) is 16.6 Å². The van der Waals surface area contributed by atoms with Crippen LogP contribution in [-0.4, -0.2) is 30.0 Å². The van der Waals surface area contributed by atoms with Crippen molar-refractivity contribution in [2.75, 3.05) is 7.11 Å². The number of methoxy groups -OCH3 is 1. The molecule has 1 aromatic rings. The second-order valence-corrected chi connectivity index (χ2v) is 4.61. The van der Waals surface area contributed by atoms with E-state index in [4.69, 9.17) is 0 Å². The first-order valence-corrected chi connectivity index (χ1v) is 6.69. The average molecular weight is 306 g/mol. The lowest BCUT2D eigenvalue weighted by Gasteiger charge is -2.15. The fourth-order valence-corrected chi connectivity index (χ4v) is 1.89. The monoisotopic (exact) mass is 306 g/mol. The van der Waals surface area contributed by atoms with Crippen LogP contribution in [0.2, 0.25) is 0 Å². The van der Waals surface area contributed by atoms with Crippen molar-refractivity contribution in [1.29, 1.82) is 0 Å². The zero-order valence-electron chi connectivity index (χ0n) is 12.3. The number of rotatable bonds is 8. The highest BCUT2D eigenvalue weighted by Crippen LogP contribution is 2.13. The lowest BCUT2D eigenvalue weighted by atomic mass is 10.1. The van der Waals surface area contributed by atoms with Crippen molar-refractivity contribution in [3.05, 3.63) is 52.6 Å². The number of esters is 1. The van der Waals surface area contributed by atoms with E-state index in [-0.39, 0.29) is 12.1 Å². The van der Waals surface area contributed by atoms with E-state index in [1.165, 1.54) is 25.3 Å². The molecule has 118 valence electrons. The van der Waals surface area contributed by atoms with Crippen molar-refractivity contribution in [2.24, 2.45) is 0 Å². The number of hydrogen-bond donors (Lipinski definition) is 1. The van der Waals surface area contributed by atoms with Crippen molar-refractivity contribution in [3.8, 4) is 0 Å². The maximum Gasteiger partial charge on any atom is 0.328 e. The van der Waals surface area contributed by atoms with Crippen molar-refractivity contribution in [1.82, 2.24) is 5.32 Å². The molecule has 0 fully saturated rings. The molecular formula is C15H18N2O5. The van der Waals surface area contributed by atoms with Gasteiger partial charge in [-0.05, 0) is 18.4 Å². The second kappa shape index (κ2) is 8.56. The van der Waals surface area contributed by atoms with E-state index in [1.54, 1.807) is 12.1 Å². The second-order valence-electron chi connectivity index (χ2n) is 4.61. The molecule has 1 atom stereocenters. The molecule has 1 aromatic carbocycles. The van der Waals surface area contributed by atoms with Crippen molar-refractivity contribution in [3.63, 3.8) is 0 Å². The third-order valence-electron chi connectivity index (χ3n) is 2.97. The highest BCUT2D eigenvalue weighted by molar-refractivity contribution is 5.85. The van der Waals surface area contributed by atoms with Crippen LogP contribution >= 0.6 is 0 Å². The first-order valence-electron chi connectivity index (χ1n) is 6.69. The Labute approximate surface area is 128 Å². The minimum Gasteiger partial charge on any atom is -0.467 e. The molecule has 0 saturated carbocycles. The third-order valence-corrected chi connectivity index (χ3v) is 2.97. The molecule has 0 aliphatic carbocycles. The molecule has 7 heteroatoms. The number of ether oxygens (including phenoxy) is 1. The van der Waals surface area contributed by atoms with Crippen LogP contribution in [0.25, 0.3) is 0 Å². The molecule has 1 amide bonds. The van der Waals surface area contributed by atoms with Crippen molar-refractivity contribution in [2.45, 2.75) is 25.3 Å². The number of carbonyl (C=O) groups excluding carboxylic acids is 2. The lowest BCUT2D eigenvalue weighted by Crippen LogP contribution is -2.42.